The summed E-state index contributed by atoms with van der Waals surface area (Å²) in [6.45, 7) is 2.53. The number of ether oxygens (including phenoxy) is 2. The van der Waals surface area contributed by atoms with Crippen LogP contribution >= 0.6 is 11.6 Å². The van der Waals surface area contributed by atoms with Crippen molar-refractivity contribution < 1.29 is 14.3 Å². The fourth-order valence-electron chi connectivity index (χ4n) is 1.93. The predicted octanol–water partition coefficient (Wildman–Crippen LogP) is 2.77. The third-order valence-corrected chi connectivity index (χ3v) is 3.37. The Morgan fingerprint density at radius 1 is 1.56 bits per heavy atom. The Kier molecular flexibility index (Phi) is 4.09. The topological polar surface area (TPSA) is 47.6 Å². The molecular formula is C13H16ClNO3. The number of carbonyl (C=O) groups excluding carboxylic acids is 1. The molecule has 1 amide bonds. The van der Waals surface area contributed by atoms with Gasteiger partial charge in [-0.15, -0.1) is 0 Å². The number of halogens is 1. The SMILES string of the molecule is COc1cc(Cl)c(C)cc1NC(=O)C1CCCO1. The summed E-state index contributed by atoms with van der Waals surface area (Å²) in [5, 5.41) is 3.44. The Morgan fingerprint density at radius 3 is 2.94 bits per heavy atom. The van der Waals surface area contributed by atoms with Crippen LogP contribution in [-0.4, -0.2) is 25.7 Å². The average molecular weight is 270 g/mol. The van der Waals surface area contributed by atoms with Gasteiger partial charge in [0.1, 0.15) is 11.9 Å². The first-order valence-electron chi connectivity index (χ1n) is 5.88. The summed E-state index contributed by atoms with van der Waals surface area (Å²) in [5.74, 6) is 0.421. The van der Waals surface area contributed by atoms with Gasteiger partial charge >= 0.3 is 0 Å². The Labute approximate surface area is 111 Å². The predicted molar refractivity (Wildman–Crippen MR) is 70.3 cm³/mol. The van der Waals surface area contributed by atoms with Crippen LogP contribution in [0.25, 0.3) is 0 Å². The van der Waals surface area contributed by atoms with Gasteiger partial charge in [0.15, 0.2) is 0 Å². The van der Waals surface area contributed by atoms with Crippen molar-refractivity contribution in [3.63, 3.8) is 0 Å². The average Bonchev–Trinajstić information content (AvgIpc) is 2.87. The van der Waals surface area contributed by atoms with Crippen LogP contribution in [0.15, 0.2) is 12.1 Å². The molecule has 0 saturated carbocycles. The minimum absolute atomic E-state index is 0.132. The molecule has 0 aliphatic carbocycles. The summed E-state index contributed by atoms with van der Waals surface area (Å²) in [6, 6.07) is 3.50. The molecule has 1 aromatic rings. The number of anilines is 1. The van der Waals surface area contributed by atoms with E-state index in [-0.39, 0.29) is 12.0 Å². The van der Waals surface area contributed by atoms with E-state index < -0.39 is 0 Å². The quantitative estimate of drug-likeness (QED) is 0.918. The number of carbonyl (C=O) groups is 1. The van der Waals surface area contributed by atoms with E-state index >= 15 is 0 Å². The normalized spacial score (nSPS) is 18.7. The van der Waals surface area contributed by atoms with Crippen LogP contribution < -0.4 is 10.1 Å². The van der Waals surface area contributed by atoms with E-state index in [0.717, 1.165) is 18.4 Å². The molecule has 98 valence electrons. The van der Waals surface area contributed by atoms with Gasteiger partial charge in [-0.3, -0.25) is 4.79 Å². The molecule has 1 saturated heterocycles. The molecule has 5 heteroatoms. The zero-order valence-corrected chi connectivity index (χ0v) is 11.2. The van der Waals surface area contributed by atoms with Crippen molar-refractivity contribution in [1.29, 1.82) is 0 Å². The summed E-state index contributed by atoms with van der Waals surface area (Å²) >= 11 is 6.01. The summed E-state index contributed by atoms with van der Waals surface area (Å²) in [7, 11) is 1.54. The van der Waals surface area contributed by atoms with Crippen molar-refractivity contribution in [3.8, 4) is 5.75 Å². The fourth-order valence-corrected chi connectivity index (χ4v) is 2.08. The Morgan fingerprint density at radius 2 is 2.33 bits per heavy atom. The summed E-state index contributed by atoms with van der Waals surface area (Å²) in [5.41, 5.74) is 1.51. The molecule has 2 rings (SSSR count). The molecule has 0 aromatic heterocycles. The molecule has 1 unspecified atom stereocenters. The molecule has 1 aliphatic heterocycles. The van der Waals surface area contributed by atoms with Crippen molar-refractivity contribution in [2.24, 2.45) is 0 Å². The van der Waals surface area contributed by atoms with Gasteiger partial charge in [-0.05, 0) is 31.4 Å². The molecule has 1 aliphatic rings. The second-order valence-corrected chi connectivity index (χ2v) is 4.70. The number of rotatable bonds is 3. The number of nitrogens with one attached hydrogen (secondary N) is 1. The Balaban J connectivity index is 2.17. The second-order valence-electron chi connectivity index (χ2n) is 4.29. The number of methoxy groups -OCH3 is 1. The molecule has 4 nitrogen and oxygen atoms in total. The first kappa shape index (κ1) is 13.2. The van der Waals surface area contributed by atoms with Gasteiger partial charge in [0.2, 0.25) is 0 Å². The van der Waals surface area contributed by atoms with Gasteiger partial charge in [0, 0.05) is 17.7 Å². The van der Waals surface area contributed by atoms with Gasteiger partial charge < -0.3 is 14.8 Å². The highest BCUT2D eigenvalue weighted by Gasteiger charge is 2.24. The number of hydrogen-bond acceptors (Lipinski definition) is 3. The molecule has 0 spiro atoms. The highest BCUT2D eigenvalue weighted by atomic mass is 35.5. The molecule has 0 bridgehead atoms. The minimum atomic E-state index is -0.356. The maximum absolute atomic E-state index is 12.0. The van der Waals surface area contributed by atoms with Gasteiger partial charge in [-0.1, -0.05) is 11.6 Å². The molecule has 0 radical (unpaired) electrons. The van der Waals surface area contributed by atoms with E-state index in [1.165, 1.54) is 0 Å². The van der Waals surface area contributed by atoms with Crippen molar-refractivity contribution in [2.45, 2.75) is 25.9 Å². The van der Waals surface area contributed by atoms with Crippen LogP contribution in [-0.2, 0) is 9.53 Å². The molecule has 1 fully saturated rings. The first-order valence-corrected chi connectivity index (χ1v) is 6.26. The molecule has 1 heterocycles. The Hall–Kier alpha value is -1.26. The van der Waals surface area contributed by atoms with Crippen molar-refractivity contribution >= 4 is 23.2 Å². The molecule has 1 aromatic carbocycles. The third kappa shape index (κ3) is 2.76. The van der Waals surface area contributed by atoms with Crippen LogP contribution in [0, 0.1) is 6.92 Å². The van der Waals surface area contributed by atoms with Gasteiger partial charge in [0.05, 0.1) is 12.8 Å². The maximum Gasteiger partial charge on any atom is 0.253 e. The lowest BCUT2D eigenvalue weighted by Gasteiger charge is -2.14. The van der Waals surface area contributed by atoms with E-state index in [0.29, 0.717) is 23.1 Å². The van der Waals surface area contributed by atoms with Gasteiger partial charge in [0.25, 0.3) is 5.91 Å². The largest absolute Gasteiger partial charge is 0.495 e. The molecular weight excluding hydrogens is 254 g/mol. The molecule has 1 N–H and O–H groups in total. The molecule has 1 atom stereocenters. The van der Waals surface area contributed by atoms with Gasteiger partial charge in [-0.25, -0.2) is 0 Å². The zero-order chi connectivity index (χ0) is 13.1. The standard InChI is InChI=1S/C13H16ClNO3/c1-8-6-10(12(17-2)7-9(8)14)15-13(16)11-4-3-5-18-11/h6-7,11H,3-5H2,1-2H3,(H,15,16). The summed E-state index contributed by atoms with van der Waals surface area (Å²) in [6.07, 6.45) is 1.33. The van der Waals surface area contributed by atoms with Crippen LogP contribution in [0.4, 0.5) is 5.69 Å². The van der Waals surface area contributed by atoms with Gasteiger partial charge in [-0.2, -0.15) is 0 Å². The van der Waals surface area contributed by atoms with Crippen LogP contribution in [0.3, 0.4) is 0 Å². The van der Waals surface area contributed by atoms with Crippen LogP contribution in [0.5, 0.6) is 5.75 Å². The van der Waals surface area contributed by atoms with E-state index in [4.69, 9.17) is 21.1 Å². The van der Waals surface area contributed by atoms with Crippen molar-refractivity contribution in [2.75, 3.05) is 19.0 Å². The first-order chi connectivity index (χ1) is 8.61. The lowest BCUT2D eigenvalue weighted by atomic mass is 10.2. The highest BCUT2D eigenvalue weighted by molar-refractivity contribution is 6.31. The number of hydrogen-bond donors (Lipinski definition) is 1. The van der Waals surface area contributed by atoms with E-state index in [9.17, 15) is 4.79 Å². The fraction of sp³-hybridized carbons (Fsp3) is 0.462. The lowest BCUT2D eigenvalue weighted by molar-refractivity contribution is -0.124. The Bertz CT molecular complexity index is 456. The second kappa shape index (κ2) is 5.59. The number of amides is 1. The van der Waals surface area contributed by atoms with E-state index in [2.05, 4.69) is 5.32 Å². The van der Waals surface area contributed by atoms with Crippen molar-refractivity contribution in [3.05, 3.63) is 22.7 Å². The van der Waals surface area contributed by atoms with Crippen LogP contribution in [0.1, 0.15) is 18.4 Å². The lowest BCUT2D eigenvalue weighted by Crippen LogP contribution is -2.27. The van der Waals surface area contributed by atoms with E-state index in [1.54, 1.807) is 19.2 Å². The maximum atomic E-state index is 12.0. The van der Waals surface area contributed by atoms with Crippen molar-refractivity contribution in [1.82, 2.24) is 0 Å². The monoisotopic (exact) mass is 269 g/mol. The minimum Gasteiger partial charge on any atom is -0.495 e. The van der Waals surface area contributed by atoms with Crippen LogP contribution in [0.2, 0.25) is 5.02 Å². The number of aryl methyl sites for hydroxylation is 1. The highest BCUT2D eigenvalue weighted by Crippen LogP contribution is 2.31. The zero-order valence-electron chi connectivity index (χ0n) is 10.5. The molecule has 18 heavy (non-hydrogen) atoms. The van der Waals surface area contributed by atoms with E-state index in [1.807, 2.05) is 6.92 Å². The summed E-state index contributed by atoms with van der Waals surface area (Å²) < 4.78 is 10.5. The number of benzene rings is 1. The third-order valence-electron chi connectivity index (χ3n) is 2.96. The summed E-state index contributed by atoms with van der Waals surface area (Å²) in [4.78, 5) is 12.0. The smallest absolute Gasteiger partial charge is 0.253 e.